The van der Waals surface area contributed by atoms with E-state index in [1.165, 1.54) is 11.0 Å². The molecule has 0 aliphatic heterocycles. The minimum absolute atomic E-state index is 0.318. The first-order chi connectivity index (χ1) is 7.99. The van der Waals surface area contributed by atoms with Crippen LogP contribution in [0.25, 0.3) is 0 Å². The van der Waals surface area contributed by atoms with Crippen LogP contribution in [0.5, 0.6) is 0 Å². The predicted octanol–water partition coefficient (Wildman–Crippen LogP) is 2.91. The summed E-state index contributed by atoms with van der Waals surface area (Å²) in [6.45, 7) is 3.60. The van der Waals surface area contributed by atoms with Gasteiger partial charge in [0.1, 0.15) is 11.4 Å². The van der Waals surface area contributed by atoms with Crippen molar-refractivity contribution < 1.29 is 14.3 Å². The molecule has 1 aromatic carbocycles. The number of hydrogen-bond donors (Lipinski definition) is 1. The second-order valence-corrected chi connectivity index (χ2v) is 4.05. The first-order valence-electron chi connectivity index (χ1n) is 5.71. The van der Waals surface area contributed by atoms with E-state index in [1.807, 2.05) is 0 Å². The molecule has 0 atom stereocenters. The van der Waals surface area contributed by atoms with Gasteiger partial charge in [-0.2, -0.15) is 0 Å². The first-order valence-corrected chi connectivity index (χ1v) is 5.71. The number of rotatable bonds is 5. The molecule has 4 heteroatoms. The van der Waals surface area contributed by atoms with Crippen LogP contribution in [0.15, 0.2) is 24.3 Å². The Kier molecular flexibility index (Phi) is 4.10. The van der Waals surface area contributed by atoms with E-state index in [-0.39, 0.29) is 0 Å². The minimum Gasteiger partial charge on any atom is -0.479 e. The Morgan fingerprint density at radius 2 is 1.88 bits per heavy atom. The van der Waals surface area contributed by atoms with Gasteiger partial charge in [0, 0.05) is 7.05 Å². The minimum atomic E-state index is -1.05. The molecular weight excluding hydrogens is 221 g/mol. The van der Waals surface area contributed by atoms with Gasteiger partial charge in [0.2, 0.25) is 0 Å². The van der Waals surface area contributed by atoms with E-state index in [0.717, 1.165) is 0 Å². The maximum Gasteiger partial charge on any atom is 0.329 e. The molecule has 1 N–H and O–H groups in total. The Labute approximate surface area is 101 Å². The summed E-state index contributed by atoms with van der Waals surface area (Å²) in [4.78, 5) is 13.0. The lowest BCUT2D eigenvalue weighted by Crippen LogP contribution is -2.52. The standard InChI is InChI=1S/C13H18FNO2/c1-4-13(5-2,12(16)17)15(3)11-9-7-6-8-10(11)14/h6-9H,4-5H2,1-3H3,(H,16,17). The molecule has 17 heavy (non-hydrogen) atoms. The zero-order valence-corrected chi connectivity index (χ0v) is 10.4. The largest absolute Gasteiger partial charge is 0.479 e. The number of nitrogens with zero attached hydrogens (tertiary/aromatic N) is 1. The van der Waals surface area contributed by atoms with Crippen LogP contribution in [0.4, 0.5) is 10.1 Å². The summed E-state index contributed by atoms with van der Waals surface area (Å²) in [6.07, 6.45) is 0.841. The van der Waals surface area contributed by atoms with Crippen LogP contribution in [0.1, 0.15) is 26.7 Å². The molecule has 1 aromatic rings. The molecule has 0 spiro atoms. The number of likely N-dealkylation sites (N-methyl/N-ethyl adjacent to an activating group) is 1. The highest BCUT2D eigenvalue weighted by molar-refractivity contribution is 5.83. The summed E-state index contributed by atoms with van der Waals surface area (Å²) in [6, 6.07) is 6.22. The van der Waals surface area contributed by atoms with Gasteiger partial charge in [-0.05, 0) is 25.0 Å². The van der Waals surface area contributed by atoms with Gasteiger partial charge >= 0.3 is 5.97 Å². The van der Waals surface area contributed by atoms with Crippen LogP contribution in [0.2, 0.25) is 0 Å². The third kappa shape index (κ3) is 2.25. The maximum absolute atomic E-state index is 13.7. The van der Waals surface area contributed by atoms with E-state index in [4.69, 9.17) is 0 Å². The normalized spacial score (nSPS) is 11.3. The molecule has 0 aliphatic carbocycles. The highest BCUT2D eigenvalue weighted by atomic mass is 19.1. The number of anilines is 1. The Hall–Kier alpha value is -1.58. The maximum atomic E-state index is 13.7. The number of hydrogen-bond acceptors (Lipinski definition) is 2. The molecule has 0 saturated heterocycles. The predicted molar refractivity (Wildman–Crippen MR) is 65.8 cm³/mol. The van der Waals surface area contributed by atoms with Gasteiger partial charge in [-0.15, -0.1) is 0 Å². The number of carboxylic acid groups (broad SMARTS) is 1. The molecule has 0 radical (unpaired) electrons. The van der Waals surface area contributed by atoms with Gasteiger partial charge in [0.05, 0.1) is 5.69 Å². The number of para-hydroxylation sites is 1. The molecule has 0 amide bonds. The molecule has 94 valence electrons. The summed E-state index contributed by atoms with van der Waals surface area (Å²) in [5, 5.41) is 9.38. The molecule has 0 bridgehead atoms. The topological polar surface area (TPSA) is 40.5 Å². The fourth-order valence-corrected chi connectivity index (χ4v) is 2.12. The number of aliphatic carboxylic acids is 1. The number of benzene rings is 1. The third-order valence-corrected chi connectivity index (χ3v) is 3.42. The second-order valence-electron chi connectivity index (χ2n) is 4.05. The lowest BCUT2D eigenvalue weighted by molar-refractivity contribution is -0.143. The molecule has 0 saturated carbocycles. The van der Waals surface area contributed by atoms with Crippen molar-refractivity contribution in [3.63, 3.8) is 0 Å². The summed E-state index contributed by atoms with van der Waals surface area (Å²) >= 11 is 0. The molecule has 1 rings (SSSR count). The van der Waals surface area contributed by atoms with E-state index in [9.17, 15) is 14.3 Å². The Balaban J connectivity index is 3.22. The van der Waals surface area contributed by atoms with Crippen LogP contribution in [-0.4, -0.2) is 23.7 Å². The number of carbonyl (C=O) groups is 1. The van der Waals surface area contributed by atoms with Gasteiger partial charge in [-0.1, -0.05) is 26.0 Å². The van der Waals surface area contributed by atoms with Crippen molar-refractivity contribution in [3.8, 4) is 0 Å². The van der Waals surface area contributed by atoms with Crippen LogP contribution < -0.4 is 4.90 Å². The van der Waals surface area contributed by atoms with E-state index in [0.29, 0.717) is 18.5 Å². The SMILES string of the molecule is CCC(CC)(C(=O)O)N(C)c1ccccc1F. The van der Waals surface area contributed by atoms with Crippen LogP contribution in [0.3, 0.4) is 0 Å². The summed E-state index contributed by atoms with van der Waals surface area (Å²) in [5.74, 6) is -1.32. The monoisotopic (exact) mass is 239 g/mol. The van der Waals surface area contributed by atoms with Crippen LogP contribution in [-0.2, 0) is 4.79 Å². The first kappa shape index (κ1) is 13.5. The van der Waals surface area contributed by atoms with Crippen molar-refractivity contribution in [2.45, 2.75) is 32.2 Å². The fourth-order valence-electron chi connectivity index (χ4n) is 2.12. The quantitative estimate of drug-likeness (QED) is 0.858. The summed E-state index contributed by atoms with van der Waals surface area (Å²) in [7, 11) is 1.62. The van der Waals surface area contributed by atoms with Gasteiger partial charge in [0.25, 0.3) is 0 Å². The average molecular weight is 239 g/mol. The van der Waals surface area contributed by atoms with Crippen molar-refractivity contribution in [1.29, 1.82) is 0 Å². The van der Waals surface area contributed by atoms with E-state index in [2.05, 4.69) is 0 Å². The van der Waals surface area contributed by atoms with E-state index < -0.39 is 17.3 Å². The number of halogens is 1. The Morgan fingerprint density at radius 3 is 2.29 bits per heavy atom. The molecule has 0 aliphatic rings. The summed E-state index contributed by atoms with van der Waals surface area (Å²) in [5.41, 5.74) is -0.735. The average Bonchev–Trinajstić information content (AvgIpc) is 2.31. The number of carboxylic acids is 1. The molecule has 0 unspecified atom stereocenters. The molecule has 0 aromatic heterocycles. The molecule has 0 fully saturated rings. The van der Waals surface area contributed by atoms with Crippen molar-refractivity contribution >= 4 is 11.7 Å². The zero-order valence-electron chi connectivity index (χ0n) is 10.4. The highest BCUT2D eigenvalue weighted by Crippen LogP contribution is 2.30. The van der Waals surface area contributed by atoms with E-state index >= 15 is 0 Å². The lowest BCUT2D eigenvalue weighted by atomic mass is 9.90. The van der Waals surface area contributed by atoms with Gasteiger partial charge in [-0.3, -0.25) is 0 Å². The van der Waals surface area contributed by atoms with Crippen molar-refractivity contribution in [2.75, 3.05) is 11.9 Å². The second kappa shape index (κ2) is 5.17. The molecule has 3 nitrogen and oxygen atoms in total. The van der Waals surface area contributed by atoms with Crippen LogP contribution in [0, 0.1) is 5.82 Å². The van der Waals surface area contributed by atoms with Crippen LogP contribution >= 0.6 is 0 Å². The summed E-state index contributed by atoms with van der Waals surface area (Å²) < 4.78 is 13.7. The Bertz CT molecular complexity index is 402. The van der Waals surface area contributed by atoms with Gasteiger partial charge in [0.15, 0.2) is 0 Å². The zero-order chi connectivity index (χ0) is 13.1. The van der Waals surface area contributed by atoms with E-state index in [1.54, 1.807) is 39.1 Å². The molecular formula is C13H18FNO2. The van der Waals surface area contributed by atoms with Crippen molar-refractivity contribution in [2.24, 2.45) is 0 Å². The third-order valence-electron chi connectivity index (χ3n) is 3.42. The lowest BCUT2D eigenvalue weighted by Gasteiger charge is -2.38. The Morgan fingerprint density at radius 1 is 1.35 bits per heavy atom. The van der Waals surface area contributed by atoms with Crippen molar-refractivity contribution in [3.05, 3.63) is 30.1 Å². The molecule has 0 heterocycles. The smallest absolute Gasteiger partial charge is 0.329 e. The van der Waals surface area contributed by atoms with Crippen molar-refractivity contribution in [1.82, 2.24) is 0 Å². The fraction of sp³-hybridized carbons (Fsp3) is 0.462. The van der Waals surface area contributed by atoms with Gasteiger partial charge in [-0.25, -0.2) is 9.18 Å². The van der Waals surface area contributed by atoms with Gasteiger partial charge < -0.3 is 10.0 Å². The highest BCUT2D eigenvalue weighted by Gasteiger charge is 2.40.